The zero-order valence-corrected chi connectivity index (χ0v) is 15.5. The van der Waals surface area contributed by atoms with E-state index in [0.717, 1.165) is 3.57 Å². The number of benzene rings is 1. The van der Waals surface area contributed by atoms with Crippen molar-refractivity contribution in [1.82, 2.24) is 4.57 Å². The summed E-state index contributed by atoms with van der Waals surface area (Å²) in [6.07, 6.45) is 0. The number of nitrogens with zero attached hydrogens (tertiary/aromatic N) is 2. The van der Waals surface area contributed by atoms with Gasteiger partial charge in [0.05, 0.1) is 6.61 Å². The van der Waals surface area contributed by atoms with Gasteiger partial charge in [0, 0.05) is 27.6 Å². The van der Waals surface area contributed by atoms with Crippen molar-refractivity contribution in [2.75, 3.05) is 12.4 Å². The fourth-order valence-corrected chi connectivity index (χ4v) is 2.87. The van der Waals surface area contributed by atoms with Crippen LogP contribution in [0.15, 0.2) is 35.1 Å². The van der Waals surface area contributed by atoms with Crippen LogP contribution in [-0.4, -0.2) is 17.6 Å². The van der Waals surface area contributed by atoms with Crippen LogP contribution in [0.3, 0.4) is 0 Å². The molecule has 0 aliphatic carbocycles. The third kappa shape index (κ3) is 4.21. The molecule has 0 atom stereocenters. The zero-order valence-electron chi connectivity index (χ0n) is 13.3. The normalized spacial score (nSPS) is 10.2. The number of nitrogens with one attached hydrogen (secondary N) is 1. The molecule has 0 saturated heterocycles. The van der Waals surface area contributed by atoms with Crippen molar-refractivity contribution in [2.24, 2.45) is 0 Å². The first-order chi connectivity index (χ1) is 11.5. The molecule has 0 radical (unpaired) electrons. The van der Waals surface area contributed by atoms with Gasteiger partial charge in [0.15, 0.2) is 0 Å². The standard InChI is InChI=1S/C17H16IN3O3/c1-11-6-12(10-24-2)15(8-19)17(23)21(11)9-16(22)20-14-5-3-4-13(18)7-14/h3-7H,9-10H2,1-2H3,(H,20,22). The topological polar surface area (TPSA) is 84.1 Å². The fourth-order valence-electron chi connectivity index (χ4n) is 2.33. The van der Waals surface area contributed by atoms with Crippen LogP contribution in [0.25, 0.3) is 0 Å². The van der Waals surface area contributed by atoms with E-state index in [1.165, 1.54) is 11.7 Å². The average molecular weight is 437 g/mol. The number of halogens is 1. The van der Waals surface area contributed by atoms with Crippen LogP contribution >= 0.6 is 22.6 Å². The Bertz CT molecular complexity index is 868. The van der Waals surface area contributed by atoms with Crippen LogP contribution < -0.4 is 10.9 Å². The Labute approximate surface area is 153 Å². The largest absolute Gasteiger partial charge is 0.380 e. The molecule has 1 heterocycles. The lowest BCUT2D eigenvalue weighted by Crippen LogP contribution is -2.31. The Morgan fingerprint density at radius 3 is 2.79 bits per heavy atom. The zero-order chi connectivity index (χ0) is 17.7. The summed E-state index contributed by atoms with van der Waals surface area (Å²) in [5.74, 6) is -0.328. The van der Waals surface area contributed by atoms with Gasteiger partial charge in [-0.3, -0.25) is 9.59 Å². The maximum atomic E-state index is 12.5. The molecule has 0 fully saturated rings. The van der Waals surface area contributed by atoms with Crippen LogP contribution in [0.5, 0.6) is 0 Å². The number of hydrogen-bond donors (Lipinski definition) is 1. The van der Waals surface area contributed by atoms with Crippen molar-refractivity contribution in [3.63, 3.8) is 0 Å². The predicted molar refractivity (Wildman–Crippen MR) is 98.7 cm³/mol. The molecular weight excluding hydrogens is 421 g/mol. The van der Waals surface area contributed by atoms with Crippen molar-refractivity contribution in [3.05, 3.63) is 61.1 Å². The van der Waals surface area contributed by atoms with Gasteiger partial charge in [-0.2, -0.15) is 5.26 Å². The molecule has 0 aliphatic heterocycles. The number of rotatable bonds is 5. The minimum Gasteiger partial charge on any atom is -0.380 e. The van der Waals surface area contributed by atoms with Crippen molar-refractivity contribution < 1.29 is 9.53 Å². The van der Waals surface area contributed by atoms with Crippen LogP contribution in [-0.2, 0) is 22.7 Å². The number of carbonyl (C=O) groups excluding carboxylic acids is 1. The first-order valence-electron chi connectivity index (χ1n) is 7.14. The first-order valence-corrected chi connectivity index (χ1v) is 8.22. The average Bonchev–Trinajstić information content (AvgIpc) is 2.52. The molecule has 1 N–H and O–H groups in total. The summed E-state index contributed by atoms with van der Waals surface area (Å²) in [6.45, 7) is 1.74. The number of aromatic nitrogens is 1. The third-order valence-corrected chi connectivity index (χ3v) is 4.08. The molecule has 7 heteroatoms. The molecule has 24 heavy (non-hydrogen) atoms. The Kier molecular flexibility index (Phi) is 6.11. The van der Waals surface area contributed by atoms with Crippen LogP contribution in [0.4, 0.5) is 5.69 Å². The molecule has 1 aromatic heterocycles. The van der Waals surface area contributed by atoms with Gasteiger partial charge in [0.25, 0.3) is 5.56 Å². The van der Waals surface area contributed by atoms with Crippen molar-refractivity contribution >= 4 is 34.2 Å². The van der Waals surface area contributed by atoms with Crippen LogP contribution in [0.1, 0.15) is 16.8 Å². The number of amides is 1. The van der Waals surface area contributed by atoms with E-state index in [0.29, 0.717) is 16.9 Å². The predicted octanol–water partition coefficient (Wildman–Crippen LogP) is 2.42. The van der Waals surface area contributed by atoms with E-state index in [1.54, 1.807) is 19.1 Å². The van der Waals surface area contributed by atoms with E-state index in [9.17, 15) is 14.9 Å². The first kappa shape index (κ1) is 18.2. The highest BCUT2D eigenvalue weighted by atomic mass is 127. The Morgan fingerprint density at radius 1 is 1.42 bits per heavy atom. The maximum Gasteiger partial charge on any atom is 0.269 e. The number of ether oxygens (including phenoxy) is 1. The quantitative estimate of drug-likeness (QED) is 0.729. The van der Waals surface area contributed by atoms with E-state index in [1.807, 2.05) is 24.3 Å². The number of carbonyl (C=O) groups is 1. The second kappa shape index (κ2) is 8.08. The summed E-state index contributed by atoms with van der Waals surface area (Å²) >= 11 is 2.15. The summed E-state index contributed by atoms with van der Waals surface area (Å²) in [4.78, 5) is 24.7. The van der Waals surface area contributed by atoms with Gasteiger partial charge in [0.2, 0.25) is 5.91 Å². The van der Waals surface area contributed by atoms with Crippen LogP contribution in [0.2, 0.25) is 0 Å². The van der Waals surface area contributed by atoms with Gasteiger partial charge in [-0.15, -0.1) is 0 Å². The van der Waals surface area contributed by atoms with E-state index in [4.69, 9.17) is 4.74 Å². The number of nitriles is 1. The summed E-state index contributed by atoms with van der Waals surface area (Å²) in [7, 11) is 1.50. The molecule has 0 bridgehead atoms. The second-order valence-electron chi connectivity index (χ2n) is 5.18. The highest BCUT2D eigenvalue weighted by Crippen LogP contribution is 2.13. The molecule has 2 rings (SSSR count). The van der Waals surface area contributed by atoms with Gasteiger partial charge < -0.3 is 14.6 Å². The van der Waals surface area contributed by atoms with Gasteiger partial charge >= 0.3 is 0 Å². The molecule has 1 amide bonds. The number of methoxy groups -OCH3 is 1. The van der Waals surface area contributed by atoms with Gasteiger partial charge in [0.1, 0.15) is 18.2 Å². The van der Waals surface area contributed by atoms with Crippen molar-refractivity contribution in [1.29, 1.82) is 5.26 Å². The van der Waals surface area contributed by atoms with Gasteiger partial charge in [-0.05, 0) is 53.8 Å². The van der Waals surface area contributed by atoms with E-state index >= 15 is 0 Å². The number of anilines is 1. The Morgan fingerprint density at radius 2 is 2.17 bits per heavy atom. The minimum atomic E-state index is -0.484. The molecule has 1 aromatic carbocycles. The van der Waals surface area contributed by atoms with E-state index in [-0.39, 0.29) is 24.6 Å². The van der Waals surface area contributed by atoms with Crippen LogP contribution in [0, 0.1) is 21.8 Å². The Hall–Kier alpha value is -2.18. The molecule has 0 unspecified atom stereocenters. The number of hydrogen-bond acceptors (Lipinski definition) is 4. The third-order valence-electron chi connectivity index (χ3n) is 3.41. The molecule has 0 saturated carbocycles. The lowest BCUT2D eigenvalue weighted by molar-refractivity contribution is -0.116. The van der Waals surface area contributed by atoms with E-state index < -0.39 is 5.56 Å². The molecular formula is C17H16IN3O3. The summed E-state index contributed by atoms with van der Waals surface area (Å²) in [5.41, 5.74) is 1.31. The lowest BCUT2D eigenvalue weighted by Gasteiger charge is -2.13. The van der Waals surface area contributed by atoms with Crippen molar-refractivity contribution in [2.45, 2.75) is 20.1 Å². The second-order valence-corrected chi connectivity index (χ2v) is 6.43. The monoisotopic (exact) mass is 437 g/mol. The van der Waals surface area contributed by atoms with Gasteiger partial charge in [-0.1, -0.05) is 6.07 Å². The Balaban J connectivity index is 2.28. The molecule has 6 nitrogen and oxygen atoms in total. The minimum absolute atomic E-state index is 0.00418. The lowest BCUT2D eigenvalue weighted by atomic mass is 10.1. The molecule has 0 aliphatic rings. The molecule has 124 valence electrons. The summed E-state index contributed by atoms with van der Waals surface area (Å²) < 4.78 is 7.30. The number of pyridine rings is 1. The van der Waals surface area contributed by atoms with E-state index in [2.05, 4.69) is 27.9 Å². The highest BCUT2D eigenvalue weighted by Gasteiger charge is 2.15. The highest BCUT2D eigenvalue weighted by molar-refractivity contribution is 14.1. The summed E-state index contributed by atoms with van der Waals surface area (Å²) in [6, 6.07) is 11.0. The smallest absolute Gasteiger partial charge is 0.269 e. The SMILES string of the molecule is COCc1cc(C)n(CC(=O)Nc2cccc(I)c2)c(=O)c1C#N. The number of aryl methyl sites for hydroxylation is 1. The molecule has 0 spiro atoms. The summed E-state index contributed by atoms with van der Waals surface area (Å²) in [5, 5.41) is 12.0. The maximum absolute atomic E-state index is 12.5. The fraction of sp³-hybridized carbons (Fsp3) is 0.235. The van der Waals surface area contributed by atoms with Crippen molar-refractivity contribution in [3.8, 4) is 6.07 Å². The molecule has 2 aromatic rings. The van der Waals surface area contributed by atoms with Gasteiger partial charge in [-0.25, -0.2) is 0 Å².